The fourth-order valence-electron chi connectivity index (χ4n) is 1.87. The third-order valence-electron chi connectivity index (χ3n) is 2.52. The van der Waals surface area contributed by atoms with Gasteiger partial charge in [-0.15, -0.1) is 0 Å². The maximum Gasteiger partial charge on any atom is 0.238 e. The molecule has 0 bridgehead atoms. The molecular formula is C7H12N2O3S. The highest BCUT2D eigenvalue weighted by Crippen LogP contribution is 2.22. The molecule has 0 aromatic carbocycles. The molecule has 5 nitrogen and oxygen atoms in total. The summed E-state index contributed by atoms with van der Waals surface area (Å²) in [6, 6.07) is -0.438. The topological polar surface area (TPSA) is 66.5 Å². The molecule has 2 heterocycles. The lowest BCUT2D eigenvalue weighted by Crippen LogP contribution is -2.41. The molecule has 1 amide bonds. The van der Waals surface area contributed by atoms with Crippen LogP contribution in [0, 0.1) is 0 Å². The highest BCUT2D eigenvalue weighted by molar-refractivity contribution is 7.89. The minimum absolute atomic E-state index is 0.0369. The average Bonchev–Trinajstić information content (AvgIpc) is 2.48. The Morgan fingerprint density at radius 1 is 1.46 bits per heavy atom. The van der Waals surface area contributed by atoms with Crippen molar-refractivity contribution >= 4 is 15.9 Å². The van der Waals surface area contributed by atoms with Crippen molar-refractivity contribution in [2.45, 2.75) is 18.9 Å². The molecule has 0 aliphatic carbocycles. The van der Waals surface area contributed by atoms with Gasteiger partial charge in [0.1, 0.15) is 6.04 Å². The number of carbonyl (C=O) groups is 1. The van der Waals surface area contributed by atoms with Crippen LogP contribution in [-0.2, 0) is 14.8 Å². The molecule has 0 spiro atoms. The molecule has 1 N–H and O–H groups in total. The second-order valence-corrected chi connectivity index (χ2v) is 5.42. The molecule has 2 fully saturated rings. The maximum absolute atomic E-state index is 11.6. The zero-order valence-electron chi connectivity index (χ0n) is 7.19. The molecule has 0 unspecified atom stereocenters. The van der Waals surface area contributed by atoms with Crippen LogP contribution >= 0.6 is 0 Å². The molecule has 0 aromatic rings. The van der Waals surface area contributed by atoms with E-state index in [0.717, 1.165) is 6.42 Å². The van der Waals surface area contributed by atoms with Crippen LogP contribution in [0.4, 0.5) is 0 Å². The highest BCUT2D eigenvalue weighted by Gasteiger charge is 2.40. The first-order valence-corrected chi connectivity index (χ1v) is 5.99. The minimum Gasteiger partial charge on any atom is -0.354 e. The molecule has 13 heavy (non-hydrogen) atoms. The molecule has 74 valence electrons. The Hall–Kier alpha value is -0.620. The van der Waals surface area contributed by atoms with Crippen molar-refractivity contribution in [1.29, 1.82) is 0 Å². The van der Waals surface area contributed by atoms with E-state index in [9.17, 15) is 13.2 Å². The summed E-state index contributed by atoms with van der Waals surface area (Å²) in [6.07, 6.45) is 1.45. The first-order chi connectivity index (χ1) is 6.11. The summed E-state index contributed by atoms with van der Waals surface area (Å²) in [6.45, 7) is 0.745. The summed E-state index contributed by atoms with van der Waals surface area (Å²) in [7, 11) is -3.18. The molecule has 0 radical (unpaired) electrons. The number of hydrogen-bond acceptors (Lipinski definition) is 3. The van der Waals surface area contributed by atoms with E-state index in [-0.39, 0.29) is 18.2 Å². The van der Waals surface area contributed by atoms with Crippen LogP contribution in [0.5, 0.6) is 0 Å². The number of nitrogens with one attached hydrogen (secondary N) is 1. The Balaban J connectivity index is 2.34. The first kappa shape index (κ1) is 8.96. The number of fused-ring (bicyclic) bond motifs is 1. The van der Waals surface area contributed by atoms with Gasteiger partial charge in [-0.1, -0.05) is 0 Å². The Morgan fingerprint density at radius 3 is 3.00 bits per heavy atom. The van der Waals surface area contributed by atoms with Gasteiger partial charge in [0.15, 0.2) is 0 Å². The van der Waals surface area contributed by atoms with Crippen molar-refractivity contribution in [3.8, 4) is 0 Å². The smallest absolute Gasteiger partial charge is 0.238 e. The van der Waals surface area contributed by atoms with Crippen molar-refractivity contribution < 1.29 is 13.2 Å². The SMILES string of the molecule is O=C1NCCS(=O)(=O)N2CCC[C@@H]12. The van der Waals surface area contributed by atoms with Gasteiger partial charge in [-0.2, -0.15) is 4.31 Å². The summed E-state index contributed by atoms with van der Waals surface area (Å²) in [5.41, 5.74) is 0. The predicted molar refractivity (Wildman–Crippen MR) is 46.5 cm³/mol. The molecular weight excluding hydrogens is 192 g/mol. The summed E-state index contributed by atoms with van der Waals surface area (Å²) < 4.78 is 24.5. The minimum atomic E-state index is -3.18. The van der Waals surface area contributed by atoms with Crippen LogP contribution < -0.4 is 5.32 Å². The van der Waals surface area contributed by atoms with E-state index in [4.69, 9.17) is 0 Å². The van der Waals surface area contributed by atoms with Gasteiger partial charge in [0.05, 0.1) is 5.75 Å². The Bertz CT molecular complexity index is 325. The first-order valence-electron chi connectivity index (χ1n) is 4.38. The fraction of sp³-hybridized carbons (Fsp3) is 0.857. The standard InChI is InChI=1S/C7H12N2O3S/c10-7-6-2-1-4-9(6)13(11,12)5-3-8-7/h6H,1-5H2,(H,8,10)/t6-/m0/s1. The normalized spacial score (nSPS) is 33.5. The van der Waals surface area contributed by atoms with Gasteiger partial charge in [-0.05, 0) is 12.8 Å². The van der Waals surface area contributed by atoms with Crippen molar-refractivity contribution in [1.82, 2.24) is 9.62 Å². The molecule has 0 saturated carbocycles. The van der Waals surface area contributed by atoms with E-state index < -0.39 is 16.1 Å². The van der Waals surface area contributed by atoms with Gasteiger partial charge in [-0.3, -0.25) is 4.79 Å². The van der Waals surface area contributed by atoms with Gasteiger partial charge < -0.3 is 5.32 Å². The largest absolute Gasteiger partial charge is 0.354 e. The number of hydrogen-bond donors (Lipinski definition) is 1. The zero-order chi connectivity index (χ0) is 9.47. The van der Waals surface area contributed by atoms with Crippen LogP contribution in [0.15, 0.2) is 0 Å². The van der Waals surface area contributed by atoms with Crippen LogP contribution in [-0.4, -0.2) is 43.5 Å². The highest BCUT2D eigenvalue weighted by atomic mass is 32.2. The Kier molecular flexibility index (Phi) is 2.03. The second-order valence-electron chi connectivity index (χ2n) is 3.38. The van der Waals surface area contributed by atoms with Crippen LogP contribution in [0.3, 0.4) is 0 Å². The molecule has 1 atom stereocenters. The summed E-state index contributed by atoms with van der Waals surface area (Å²) in [5, 5.41) is 2.61. The van der Waals surface area contributed by atoms with E-state index in [1.807, 2.05) is 0 Å². The van der Waals surface area contributed by atoms with E-state index in [0.29, 0.717) is 13.0 Å². The van der Waals surface area contributed by atoms with Crippen LogP contribution in [0.1, 0.15) is 12.8 Å². The van der Waals surface area contributed by atoms with Crippen molar-refractivity contribution in [3.63, 3.8) is 0 Å². The third kappa shape index (κ3) is 1.44. The molecule has 2 aliphatic heterocycles. The van der Waals surface area contributed by atoms with E-state index in [1.165, 1.54) is 4.31 Å². The lowest BCUT2D eigenvalue weighted by atomic mass is 10.2. The number of carbonyl (C=O) groups excluding carboxylic acids is 1. The lowest BCUT2D eigenvalue weighted by Gasteiger charge is -2.18. The quantitative estimate of drug-likeness (QED) is 0.545. The van der Waals surface area contributed by atoms with E-state index in [2.05, 4.69) is 5.32 Å². The van der Waals surface area contributed by atoms with Crippen molar-refractivity contribution in [2.24, 2.45) is 0 Å². The summed E-state index contributed by atoms with van der Waals surface area (Å²) >= 11 is 0. The Morgan fingerprint density at radius 2 is 2.23 bits per heavy atom. The van der Waals surface area contributed by atoms with Gasteiger partial charge in [-0.25, -0.2) is 8.42 Å². The third-order valence-corrected chi connectivity index (χ3v) is 4.39. The molecule has 2 saturated heterocycles. The van der Waals surface area contributed by atoms with Crippen molar-refractivity contribution in [2.75, 3.05) is 18.8 Å². The van der Waals surface area contributed by atoms with E-state index >= 15 is 0 Å². The molecule has 2 aliphatic rings. The average molecular weight is 204 g/mol. The molecule has 6 heteroatoms. The Labute approximate surface area is 77.1 Å². The lowest BCUT2D eigenvalue weighted by molar-refractivity contribution is -0.123. The number of nitrogens with zero attached hydrogens (tertiary/aromatic N) is 1. The van der Waals surface area contributed by atoms with Crippen LogP contribution in [0.25, 0.3) is 0 Å². The monoisotopic (exact) mass is 204 g/mol. The van der Waals surface area contributed by atoms with Gasteiger partial charge >= 0.3 is 0 Å². The number of amides is 1. The molecule has 0 aromatic heterocycles. The zero-order valence-corrected chi connectivity index (χ0v) is 8.01. The second kappa shape index (κ2) is 2.95. The van der Waals surface area contributed by atoms with Crippen molar-refractivity contribution in [3.05, 3.63) is 0 Å². The number of sulfonamides is 1. The number of rotatable bonds is 0. The maximum atomic E-state index is 11.6. The van der Waals surface area contributed by atoms with Crippen LogP contribution in [0.2, 0.25) is 0 Å². The van der Waals surface area contributed by atoms with Gasteiger partial charge in [0.2, 0.25) is 15.9 Å². The molecule has 2 rings (SSSR count). The summed E-state index contributed by atoms with van der Waals surface area (Å²) in [4.78, 5) is 11.4. The predicted octanol–water partition coefficient (Wildman–Crippen LogP) is -1.09. The van der Waals surface area contributed by atoms with E-state index in [1.54, 1.807) is 0 Å². The fourth-order valence-corrected chi connectivity index (χ4v) is 3.46. The summed E-state index contributed by atoms with van der Waals surface area (Å²) in [5.74, 6) is -0.103. The van der Waals surface area contributed by atoms with Gasteiger partial charge in [0.25, 0.3) is 0 Å². The van der Waals surface area contributed by atoms with Gasteiger partial charge in [0, 0.05) is 13.1 Å².